The van der Waals surface area contributed by atoms with Crippen molar-refractivity contribution < 1.29 is 9.53 Å². The number of ether oxygens (including phenoxy) is 1. The highest BCUT2D eigenvalue weighted by atomic mass is 32.2. The van der Waals surface area contributed by atoms with Gasteiger partial charge in [-0.15, -0.1) is 10.2 Å². The van der Waals surface area contributed by atoms with Crippen molar-refractivity contribution in [2.75, 3.05) is 11.1 Å². The molecule has 166 valence electrons. The van der Waals surface area contributed by atoms with Gasteiger partial charge in [0.2, 0.25) is 5.91 Å². The van der Waals surface area contributed by atoms with Crippen molar-refractivity contribution in [2.45, 2.75) is 31.0 Å². The Balaban J connectivity index is 1.19. The van der Waals surface area contributed by atoms with Crippen LogP contribution in [0.5, 0.6) is 11.5 Å². The van der Waals surface area contributed by atoms with Crippen molar-refractivity contribution in [1.82, 2.24) is 19.7 Å². The molecule has 2 aromatic carbocycles. The molecule has 5 rings (SSSR count). The molecule has 4 aromatic rings. The van der Waals surface area contributed by atoms with Gasteiger partial charge in [0.1, 0.15) is 11.5 Å². The number of carbonyl (C=O) groups excluding carboxylic acids is 1. The zero-order valence-corrected chi connectivity index (χ0v) is 19.0. The van der Waals surface area contributed by atoms with Gasteiger partial charge in [0, 0.05) is 29.7 Å². The van der Waals surface area contributed by atoms with E-state index >= 15 is 0 Å². The average molecular weight is 458 g/mol. The molecule has 0 radical (unpaired) electrons. The second-order valence-electron chi connectivity index (χ2n) is 7.93. The number of pyridine rings is 1. The van der Waals surface area contributed by atoms with E-state index in [9.17, 15) is 4.79 Å². The molecule has 0 saturated heterocycles. The number of hydrogen-bond acceptors (Lipinski definition) is 6. The quantitative estimate of drug-likeness (QED) is 0.352. The van der Waals surface area contributed by atoms with Crippen molar-refractivity contribution in [1.29, 1.82) is 0 Å². The molecule has 8 heteroatoms. The summed E-state index contributed by atoms with van der Waals surface area (Å²) in [6, 6.07) is 19.5. The molecule has 1 aliphatic carbocycles. The van der Waals surface area contributed by atoms with Gasteiger partial charge in [-0.1, -0.05) is 23.9 Å². The Morgan fingerprint density at radius 2 is 1.94 bits per heavy atom. The van der Waals surface area contributed by atoms with Crippen LogP contribution < -0.4 is 10.1 Å². The highest BCUT2D eigenvalue weighted by Gasteiger charge is 2.30. The standard InChI is InChI=1S/C25H23N5O2S/c1-17-4-2-6-22(14-17)32-21-11-7-19(8-12-21)27-23(31)16-33-25-29-28-24(30(25)20-9-10-20)18-5-3-13-26-15-18/h2-8,11-15,20H,9-10,16H2,1H3,(H,27,31). The van der Waals surface area contributed by atoms with Crippen LogP contribution in [0.4, 0.5) is 5.69 Å². The van der Waals surface area contributed by atoms with Crippen molar-refractivity contribution in [3.05, 3.63) is 78.6 Å². The fraction of sp³-hybridized carbons (Fsp3) is 0.200. The third kappa shape index (κ3) is 5.23. The number of nitrogens with zero attached hydrogens (tertiary/aromatic N) is 4. The van der Waals surface area contributed by atoms with Gasteiger partial charge >= 0.3 is 0 Å². The van der Waals surface area contributed by atoms with Gasteiger partial charge in [0.05, 0.1) is 5.75 Å². The first-order valence-electron chi connectivity index (χ1n) is 10.8. The normalized spacial score (nSPS) is 13.0. The van der Waals surface area contributed by atoms with Crippen LogP contribution in [0.2, 0.25) is 0 Å². The van der Waals surface area contributed by atoms with Gasteiger partial charge < -0.3 is 10.1 Å². The van der Waals surface area contributed by atoms with E-state index in [-0.39, 0.29) is 11.7 Å². The molecule has 0 spiro atoms. The van der Waals surface area contributed by atoms with E-state index < -0.39 is 0 Å². The van der Waals surface area contributed by atoms with Crippen molar-refractivity contribution in [2.24, 2.45) is 0 Å². The summed E-state index contributed by atoms with van der Waals surface area (Å²) >= 11 is 1.40. The molecule has 1 N–H and O–H groups in total. The minimum atomic E-state index is -0.0966. The fourth-order valence-electron chi connectivity index (χ4n) is 3.48. The van der Waals surface area contributed by atoms with Gasteiger partial charge in [-0.25, -0.2) is 0 Å². The first-order chi connectivity index (χ1) is 16.2. The first kappa shape index (κ1) is 21.2. The topological polar surface area (TPSA) is 81.9 Å². The number of amides is 1. The van der Waals surface area contributed by atoms with Gasteiger partial charge in [-0.05, 0) is 73.9 Å². The SMILES string of the molecule is Cc1cccc(Oc2ccc(NC(=O)CSc3nnc(-c4cccnc4)n3C3CC3)cc2)c1. The van der Waals surface area contributed by atoms with Gasteiger partial charge in [-0.2, -0.15) is 0 Å². The number of aryl methyl sites for hydroxylation is 1. The maximum Gasteiger partial charge on any atom is 0.234 e. The van der Waals surface area contributed by atoms with Crippen LogP contribution in [-0.2, 0) is 4.79 Å². The number of nitrogens with one attached hydrogen (secondary N) is 1. The third-order valence-corrected chi connectivity index (χ3v) is 6.14. The minimum Gasteiger partial charge on any atom is -0.457 e. The van der Waals surface area contributed by atoms with E-state index in [0.717, 1.165) is 46.4 Å². The summed E-state index contributed by atoms with van der Waals surface area (Å²) in [5, 5.41) is 12.4. The monoisotopic (exact) mass is 457 g/mol. The molecular weight excluding hydrogens is 434 g/mol. The number of anilines is 1. The highest BCUT2D eigenvalue weighted by molar-refractivity contribution is 7.99. The van der Waals surface area contributed by atoms with E-state index in [4.69, 9.17) is 4.74 Å². The molecular formula is C25H23N5O2S. The van der Waals surface area contributed by atoms with E-state index in [2.05, 4.69) is 25.1 Å². The van der Waals surface area contributed by atoms with Gasteiger partial charge in [0.25, 0.3) is 0 Å². The molecule has 7 nitrogen and oxygen atoms in total. The van der Waals surface area contributed by atoms with E-state index in [1.165, 1.54) is 11.8 Å². The Kier molecular flexibility index (Phi) is 6.08. The summed E-state index contributed by atoms with van der Waals surface area (Å²) in [7, 11) is 0. The molecule has 2 heterocycles. The highest BCUT2D eigenvalue weighted by Crippen LogP contribution is 2.41. The lowest BCUT2D eigenvalue weighted by atomic mass is 10.2. The third-order valence-electron chi connectivity index (χ3n) is 5.19. The van der Waals surface area contributed by atoms with Crippen LogP contribution in [0.1, 0.15) is 24.4 Å². The zero-order valence-electron chi connectivity index (χ0n) is 18.1. The number of thioether (sulfide) groups is 1. The summed E-state index contributed by atoms with van der Waals surface area (Å²) in [6.07, 6.45) is 5.73. The first-order valence-corrected chi connectivity index (χ1v) is 11.8. The Labute approximate surface area is 196 Å². The Morgan fingerprint density at radius 1 is 1.09 bits per heavy atom. The van der Waals surface area contributed by atoms with Crippen LogP contribution >= 0.6 is 11.8 Å². The largest absolute Gasteiger partial charge is 0.457 e. The predicted molar refractivity (Wildman–Crippen MR) is 129 cm³/mol. The number of aromatic nitrogens is 4. The zero-order chi connectivity index (χ0) is 22.6. The van der Waals surface area contributed by atoms with Crippen LogP contribution in [0.15, 0.2) is 78.2 Å². The number of hydrogen-bond donors (Lipinski definition) is 1. The van der Waals surface area contributed by atoms with Gasteiger partial charge in [-0.3, -0.25) is 14.3 Å². The van der Waals surface area contributed by atoms with Crippen molar-refractivity contribution in [3.8, 4) is 22.9 Å². The molecule has 1 saturated carbocycles. The lowest BCUT2D eigenvalue weighted by Gasteiger charge is -2.10. The van der Waals surface area contributed by atoms with Crippen LogP contribution in [0, 0.1) is 6.92 Å². The van der Waals surface area contributed by atoms with Crippen LogP contribution in [0.3, 0.4) is 0 Å². The Hall–Kier alpha value is -3.65. The van der Waals surface area contributed by atoms with E-state index in [1.54, 1.807) is 12.4 Å². The van der Waals surface area contributed by atoms with E-state index in [0.29, 0.717) is 11.8 Å². The summed E-state index contributed by atoms with van der Waals surface area (Å²) < 4.78 is 8.00. The maximum atomic E-state index is 12.5. The van der Waals surface area contributed by atoms with Crippen molar-refractivity contribution >= 4 is 23.4 Å². The maximum absolute atomic E-state index is 12.5. The summed E-state index contributed by atoms with van der Waals surface area (Å²) in [6.45, 7) is 2.02. The van der Waals surface area contributed by atoms with Gasteiger partial charge in [0.15, 0.2) is 11.0 Å². The molecule has 2 aromatic heterocycles. The molecule has 0 atom stereocenters. The molecule has 0 bridgehead atoms. The number of benzene rings is 2. The summed E-state index contributed by atoms with van der Waals surface area (Å²) in [5.74, 6) is 2.46. The molecule has 1 fully saturated rings. The lowest BCUT2D eigenvalue weighted by Crippen LogP contribution is -2.14. The second-order valence-corrected chi connectivity index (χ2v) is 8.87. The molecule has 1 aliphatic rings. The van der Waals surface area contributed by atoms with Crippen LogP contribution in [0.25, 0.3) is 11.4 Å². The number of rotatable bonds is 8. The van der Waals surface area contributed by atoms with Crippen LogP contribution in [-0.4, -0.2) is 31.4 Å². The predicted octanol–water partition coefficient (Wildman–Crippen LogP) is 5.51. The summed E-state index contributed by atoms with van der Waals surface area (Å²) in [5.41, 5.74) is 2.79. The fourth-order valence-corrected chi connectivity index (χ4v) is 4.28. The molecule has 1 amide bonds. The molecule has 33 heavy (non-hydrogen) atoms. The second kappa shape index (κ2) is 9.46. The summed E-state index contributed by atoms with van der Waals surface area (Å²) in [4.78, 5) is 16.7. The Bertz CT molecular complexity index is 1250. The minimum absolute atomic E-state index is 0.0966. The Morgan fingerprint density at radius 3 is 2.67 bits per heavy atom. The number of carbonyl (C=O) groups is 1. The molecule has 0 unspecified atom stereocenters. The van der Waals surface area contributed by atoms with Crippen molar-refractivity contribution in [3.63, 3.8) is 0 Å². The smallest absolute Gasteiger partial charge is 0.234 e. The average Bonchev–Trinajstić information content (AvgIpc) is 3.58. The molecule has 0 aliphatic heterocycles. The van der Waals surface area contributed by atoms with E-state index in [1.807, 2.05) is 67.6 Å². The lowest BCUT2D eigenvalue weighted by molar-refractivity contribution is -0.113.